The third-order valence-electron chi connectivity index (χ3n) is 5.21. The van der Waals surface area contributed by atoms with Crippen molar-refractivity contribution in [1.82, 2.24) is 15.5 Å². The van der Waals surface area contributed by atoms with E-state index in [4.69, 9.17) is 0 Å². The Morgan fingerprint density at radius 3 is 2.82 bits per heavy atom. The predicted molar refractivity (Wildman–Crippen MR) is 88.9 cm³/mol. The molecule has 1 aliphatic heterocycles. The Bertz CT molecular complexity index is 338. The van der Waals surface area contributed by atoms with E-state index in [1.54, 1.807) is 0 Å². The first kappa shape index (κ1) is 17.5. The lowest BCUT2D eigenvalue weighted by Gasteiger charge is -2.35. The molecule has 128 valence electrons. The standard InChI is InChI=1S/C17H33N3O2/c1-2-15-7-3-4-10-20(15)11-9-18-17(22)19-13-14-6-5-8-16(21)12-14/h14-16,21H,2-13H2,1H3,(H2,18,19,22). The van der Waals surface area contributed by atoms with Crippen molar-refractivity contribution in [3.63, 3.8) is 0 Å². The number of urea groups is 1. The average Bonchev–Trinajstić information content (AvgIpc) is 2.53. The molecule has 0 bridgehead atoms. The van der Waals surface area contributed by atoms with Crippen molar-refractivity contribution in [1.29, 1.82) is 0 Å². The highest BCUT2D eigenvalue weighted by Gasteiger charge is 2.21. The SMILES string of the molecule is CCC1CCCCN1CCNC(=O)NCC1CCCC(O)C1. The van der Waals surface area contributed by atoms with Crippen LogP contribution in [-0.4, -0.2) is 54.4 Å². The van der Waals surface area contributed by atoms with E-state index in [2.05, 4.69) is 22.5 Å². The Hall–Kier alpha value is -0.810. The number of amides is 2. The van der Waals surface area contributed by atoms with E-state index in [1.165, 1.54) is 32.2 Å². The number of aliphatic hydroxyl groups is 1. The molecule has 5 heteroatoms. The zero-order chi connectivity index (χ0) is 15.8. The molecule has 2 fully saturated rings. The van der Waals surface area contributed by atoms with Crippen LogP contribution in [0.2, 0.25) is 0 Å². The van der Waals surface area contributed by atoms with Gasteiger partial charge in [0.2, 0.25) is 0 Å². The van der Waals surface area contributed by atoms with Crippen LogP contribution in [-0.2, 0) is 0 Å². The monoisotopic (exact) mass is 311 g/mol. The van der Waals surface area contributed by atoms with Crippen LogP contribution < -0.4 is 10.6 Å². The summed E-state index contributed by atoms with van der Waals surface area (Å²) in [6.07, 6.45) is 8.88. The minimum atomic E-state index is -0.173. The number of carbonyl (C=O) groups excluding carboxylic acids is 1. The number of likely N-dealkylation sites (tertiary alicyclic amines) is 1. The van der Waals surface area contributed by atoms with E-state index in [0.717, 1.165) is 38.8 Å². The summed E-state index contributed by atoms with van der Waals surface area (Å²) in [6, 6.07) is 0.632. The highest BCUT2D eigenvalue weighted by atomic mass is 16.3. The fraction of sp³-hybridized carbons (Fsp3) is 0.941. The van der Waals surface area contributed by atoms with Gasteiger partial charge >= 0.3 is 6.03 Å². The molecule has 22 heavy (non-hydrogen) atoms. The molecule has 0 spiro atoms. The predicted octanol–water partition coefficient (Wildman–Crippen LogP) is 2.10. The number of nitrogens with zero attached hydrogens (tertiary/aromatic N) is 1. The van der Waals surface area contributed by atoms with Crippen molar-refractivity contribution in [2.75, 3.05) is 26.2 Å². The van der Waals surface area contributed by atoms with Crippen molar-refractivity contribution in [3.05, 3.63) is 0 Å². The number of rotatable bonds is 6. The average molecular weight is 311 g/mol. The van der Waals surface area contributed by atoms with Gasteiger partial charge in [-0.15, -0.1) is 0 Å². The van der Waals surface area contributed by atoms with Gasteiger partial charge in [-0.2, -0.15) is 0 Å². The highest BCUT2D eigenvalue weighted by molar-refractivity contribution is 5.73. The molecule has 0 radical (unpaired) electrons. The molecule has 0 aromatic rings. The van der Waals surface area contributed by atoms with E-state index in [-0.39, 0.29) is 12.1 Å². The largest absolute Gasteiger partial charge is 0.393 e. The van der Waals surface area contributed by atoms with E-state index >= 15 is 0 Å². The van der Waals surface area contributed by atoms with E-state index in [9.17, 15) is 9.90 Å². The number of piperidine rings is 1. The molecule has 1 saturated heterocycles. The van der Waals surface area contributed by atoms with E-state index in [0.29, 0.717) is 18.5 Å². The molecule has 3 N–H and O–H groups in total. The molecule has 5 nitrogen and oxygen atoms in total. The Kier molecular flexibility index (Phi) is 7.46. The molecule has 3 unspecified atom stereocenters. The summed E-state index contributed by atoms with van der Waals surface area (Å²) in [4.78, 5) is 14.4. The molecule has 0 aromatic heterocycles. The molecule has 2 amide bonds. The number of nitrogens with one attached hydrogen (secondary N) is 2. The summed E-state index contributed by atoms with van der Waals surface area (Å²) in [5.74, 6) is 0.432. The van der Waals surface area contributed by atoms with Gasteiger partial charge in [0, 0.05) is 25.7 Å². The fourth-order valence-electron chi connectivity index (χ4n) is 3.88. The van der Waals surface area contributed by atoms with Crippen LogP contribution in [0.1, 0.15) is 58.3 Å². The van der Waals surface area contributed by atoms with Gasteiger partial charge in [-0.05, 0) is 51.0 Å². The zero-order valence-corrected chi connectivity index (χ0v) is 14.0. The first-order valence-corrected chi connectivity index (χ1v) is 9.12. The molecule has 2 aliphatic rings. The lowest BCUT2D eigenvalue weighted by atomic mass is 9.87. The molecule has 3 atom stereocenters. The summed E-state index contributed by atoms with van der Waals surface area (Å²) in [5.41, 5.74) is 0. The molecule has 0 aromatic carbocycles. The highest BCUT2D eigenvalue weighted by Crippen LogP contribution is 2.23. The Morgan fingerprint density at radius 1 is 1.18 bits per heavy atom. The molecule has 1 heterocycles. The second-order valence-electron chi connectivity index (χ2n) is 6.92. The molecular weight excluding hydrogens is 278 g/mol. The number of hydrogen-bond acceptors (Lipinski definition) is 3. The van der Waals surface area contributed by atoms with Crippen molar-refractivity contribution < 1.29 is 9.90 Å². The molecule has 1 saturated carbocycles. The Morgan fingerprint density at radius 2 is 2.05 bits per heavy atom. The van der Waals surface area contributed by atoms with Gasteiger partial charge in [-0.1, -0.05) is 19.8 Å². The summed E-state index contributed by atoms with van der Waals surface area (Å²) < 4.78 is 0. The van der Waals surface area contributed by atoms with E-state index < -0.39 is 0 Å². The summed E-state index contributed by atoms with van der Waals surface area (Å²) >= 11 is 0. The summed E-state index contributed by atoms with van der Waals surface area (Å²) in [6.45, 7) is 5.78. The van der Waals surface area contributed by atoms with Crippen LogP contribution in [0, 0.1) is 5.92 Å². The maximum atomic E-state index is 11.9. The van der Waals surface area contributed by atoms with Crippen LogP contribution >= 0.6 is 0 Å². The first-order chi connectivity index (χ1) is 10.7. The van der Waals surface area contributed by atoms with Crippen molar-refractivity contribution in [2.24, 2.45) is 5.92 Å². The van der Waals surface area contributed by atoms with Gasteiger partial charge in [-0.25, -0.2) is 4.79 Å². The number of hydrogen-bond donors (Lipinski definition) is 3. The maximum Gasteiger partial charge on any atom is 0.314 e. The lowest BCUT2D eigenvalue weighted by molar-refractivity contribution is 0.101. The fourth-order valence-corrected chi connectivity index (χ4v) is 3.88. The van der Waals surface area contributed by atoms with Crippen molar-refractivity contribution >= 4 is 6.03 Å². The zero-order valence-electron chi connectivity index (χ0n) is 14.0. The topological polar surface area (TPSA) is 64.6 Å². The van der Waals surface area contributed by atoms with Gasteiger partial charge < -0.3 is 15.7 Å². The minimum absolute atomic E-state index is 0.0647. The summed E-state index contributed by atoms with van der Waals surface area (Å²) in [5, 5.41) is 15.6. The van der Waals surface area contributed by atoms with E-state index in [1.807, 2.05) is 0 Å². The van der Waals surface area contributed by atoms with Crippen LogP contribution in [0.4, 0.5) is 4.79 Å². The van der Waals surface area contributed by atoms with Gasteiger partial charge in [0.15, 0.2) is 0 Å². The first-order valence-electron chi connectivity index (χ1n) is 9.12. The maximum absolute atomic E-state index is 11.9. The number of carbonyl (C=O) groups is 1. The second-order valence-corrected chi connectivity index (χ2v) is 6.92. The lowest BCUT2D eigenvalue weighted by Crippen LogP contribution is -2.46. The Labute approximate surface area is 134 Å². The quantitative estimate of drug-likeness (QED) is 0.704. The van der Waals surface area contributed by atoms with Gasteiger partial charge in [0.1, 0.15) is 0 Å². The third kappa shape index (κ3) is 5.76. The number of aliphatic hydroxyl groups excluding tert-OH is 1. The normalized spacial score (nSPS) is 30.0. The molecular formula is C17H33N3O2. The third-order valence-corrected chi connectivity index (χ3v) is 5.21. The van der Waals surface area contributed by atoms with Gasteiger partial charge in [0.05, 0.1) is 6.10 Å². The molecule has 1 aliphatic carbocycles. The van der Waals surface area contributed by atoms with Crippen molar-refractivity contribution in [3.8, 4) is 0 Å². The van der Waals surface area contributed by atoms with Gasteiger partial charge in [0.25, 0.3) is 0 Å². The molecule has 2 rings (SSSR count). The smallest absolute Gasteiger partial charge is 0.314 e. The van der Waals surface area contributed by atoms with Crippen LogP contribution in [0.3, 0.4) is 0 Å². The van der Waals surface area contributed by atoms with Crippen LogP contribution in [0.15, 0.2) is 0 Å². The van der Waals surface area contributed by atoms with Gasteiger partial charge in [-0.3, -0.25) is 4.90 Å². The van der Waals surface area contributed by atoms with Crippen LogP contribution in [0.25, 0.3) is 0 Å². The van der Waals surface area contributed by atoms with Crippen molar-refractivity contribution in [2.45, 2.75) is 70.4 Å². The minimum Gasteiger partial charge on any atom is -0.393 e. The second kappa shape index (κ2) is 9.36. The van der Waals surface area contributed by atoms with Crippen LogP contribution in [0.5, 0.6) is 0 Å². The Balaban J connectivity index is 1.57. The summed E-state index contributed by atoms with van der Waals surface area (Å²) in [7, 11) is 0.